The van der Waals surface area contributed by atoms with E-state index in [1.807, 2.05) is 55.1 Å². The van der Waals surface area contributed by atoms with Crippen molar-refractivity contribution < 1.29 is 4.79 Å². The molecule has 2 aliphatic heterocycles. The summed E-state index contributed by atoms with van der Waals surface area (Å²) < 4.78 is 0. The number of amides is 1. The van der Waals surface area contributed by atoms with Gasteiger partial charge < -0.3 is 15.5 Å². The standard InChI is InChI=1S/C26H29N5O/c1-16-11-24(30-9-4-10-30)23(25(29)17(2)18(3)28)12-22(16)26(32)31-14-21(15-31)20-7-5-19(13-27)6-8-20/h5-8,11-12,21,29H,4,9-10,14-15,28H2,1-3H3. The monoisotopic (exact) mass is 427 g/mol. The fourth-order valence-electron chi connectivity index (χ4n) is 4.20. The van der Waals surface area contributed by atoms with Gasteiger partial charge in [0.2, 0.25) is 0 Å². The zero-order valence-corrected chi connectivity index (χ0v) is 18.9. The Morgan fingerprint density at radius 3 is 2.31 bits per heavy atom. The second-order valence-electron chi connectivity index (χ2n) is 8.85. The molecular weight excluding hydrogens is 398 g/mol. The van der Waals surface area contributed by atoms with Crippen LogP contribution in [0.25, 0.3) is 0 Å². The molecule has 2 fully saturated rings. The smallest absolute Gasteiger partial charge is 0.254 e. The fourth-order valence-corrected chi connectivity index (χ4v) is 4.20. The van der Waals surface area contributed by atoms with Gasteiger partial charge in [0, 0.05) is 54.6 Å². The first-order valence-corrected chi connectivity index (χ1v) is 11.0. The van der Waals surface area contributed by atoms with Crippen molar-refractivity contribution in [3.05, 3.63) is 75.5 Å². The lowest BCUT2D eigenvalue weighted by molar-refractivity contribution is 0.0601. The number of hydrogen-bond donors (Lipinski definition) is 2. The molecule has 32 heavy (non-hydrogen) atoms. The van der Waals surface area contributed by atoms with E-state index in [1.165, 1.54) is 0 Å². The van der Waals surface area contributed by atoms with Crippen molar-refractivity contribution in [1.82, 2.24) is 4.90 Å². The second kappa shape index (κ2) is 8.51. The minimum absolute atomic E-state index is 0.00251. The summed E-state index contributed by atoms with van der Waals surface area (Å²) in [4.78, 5) is 17.4. The normalized spacial score (nSPS) is 16.6. The molecule has 2 aromatic carbocycles. The second-order valence-corrected chi connectivity index (χ2v) is 8.85. The number of nitrogens with zero attached hydrogens (tertiary/aromatic N) is 3. The number of nitriles is 1. The van der Waals surface area contributed by atoms with Gasteiger partial charge in [0.15, 0.2) is 0 Å². The maximum Gasteiger partial charge on any atom is 0.254 e. The van der Waals surface area contributed by atoms with Gasteiger partial charge in [-0.1, -0.05) is 12.1 Å². The molecule has 6 nitrogen and oxygen atoms in total. The molecular formula is C26H29N5O. The van der Waals surface area contributed by atoms with Crippen molar-refractivity contribution in [1.29, 1.82) is 10.7 Å². The molecule has 2 saturated heterocycles. The third kappa shape index (κ3) is 3.87. The number of rotatable bonds is 5. The molecule has 0 unspecified atom stereocenters. The van der Waals surface area contributed by atoms with Crippen LogP contribution < -0.4 is 10.6 Å². The minimum Gasteiger partial charge on any atom is -0.402 e. The number of anilines is 1. The fraction of sp³-hybridized carbons (Fsp3) is 0.346. The average molecular weight is 428 g/mol. The van der Waals surface area contributed by atoms with Crippen LogP contribution in [-0.4, -0.2) is 42.7 Å². The van der Waals surface area contributed by atoms with Crippen LogP contribution in [0.4, 0.5) is 5.69 Å². The van der Waals surface area contributed by atoms with E-state index in [9.17, 15) is 4.79 Å². The molecule has 2 aromatic rings. The van der Waals surface area contributed by atoms with Crippen LogP contribution in [0.2, 0.25) is 0 Å². The van der Waals surface area contributed by atoms with Crippen LogP contribution in [0, 0.1) is 23.7 Å². The van der Waals surface area contributed by atoms with Crippen LogP contribution >= 0.6 is 0 Å². The van der Waals surface area contributed by atoms with Crippen molar-refractivity contribution >= 4 is 17.3 Å². The van der Waals surface area contributed by atoms with Gasteiger partial charge in [-0.05, 0) is 68.2 Å². The SMILES string of the molecule is CC(N)=C(C)C(=N)c1cc(C(=O)N2CC(c3ccc(C#N)cc3)C2)c(C)cc1N1CCC1. The first-order chi connectivity index (χ1) is 15.3. The summed E-state index contributed by atoms with van der Waals surface area (Å²) >= 11 is 0. The van der Waals surface area contributed by atoms with E-state index in [4.69, 9.17) is 16.4 Å². The maximum atomic E-state index is 13.3. The molecule has 4 rings (SSSR count). The highest BCUT2D eigenvalue weighted by Crippen LogP contribution is 2.33. The van der Waals surface area contributed by atoms with Gasteiger partial charge in [0.1, 0.15) is 0 Å². The Balaban J connectivity index is 1.58. The summed E-state index contributed by atoms with van der Waals surface area (Å²) in [6.07, 6.45) is 1.14. The Labute approximate surface area is 189 Å². The number of nitrogens with one attached hydrogen (secondary N) is 1. The average Bonchev–Trinajstić information content (AvgIpc) is 2.71. The number of aryl methyl sites for hydroxylation is 1. The van der Waals surface area contributed by atoms with Crippen molar-refractivity contribution in [2.24, 2.45) is 5.73 Å². The van der Waals surface area contributed by atoms with E-state index < -0.39 is 0 Å². The molecule has 2 aliphatic rings. The van der Waals surface area contributed by atoms with E-state index in [0.29, 0.717) is 35.6 Å². The van der Waals surface area contributed by atoms with Gasteiger partial charge in [-0.3, -0.25) is 10.2 Å². The lowest BCUT2D eigenvalue weighted by Gasteiger charge is -2.40. The predicted molar refractivity (Wildman–Crippen MR) is 127 cm³/mol. The lowest BCUT2D eigenvalue weighted by Crippen LogP contribution is -2.48. The van der Waals surface area contributed by atoms with Gasteiger partial charge in [-0.2, -0.15) is 5.26 Å². The number of carbonyl (C=O) groups is 1. The summed E-state index contributed by atoms with van der Waals surface area (Å²) in [7, 11) is 0. The number of hydrogen-bond acceptors (Lipinski definition) is 5. The number of nitrogens with two attached hydrogens (primary N) is 1. The van der Waals surface area contributed by atoms with Gasteiger partial charge in [0.05, 0.1) is 17.3 Å². The van der Waals surface area contributed by atoms with Gasteiger partial charge in [-0.25, -0.2) is 0 Å². The third-order valence-corrected chi connectivity index (χ3v) is 6.69. The number of benzene rings is 2. The van der Waals surface area contributed by atoms with E-state index in [0.717, 1.165) is 47.5 Å². The van der Waals surface area contributed by atoms with Crippen molar-refractivity contribution in [2.75, 3.05) is 31.1 Å². The summed E-state index contributed by atoms with van der Waals surface area (Å²) in [5.74, 6) is 0.290. The summed E-state index contributed by atoms with van der Waals surface area (Å²) in [6.45, 7) is 8.88. The molecule has 2 heterocycles. The van der Waals surface area contributed by atoms with E-state index in [-0.39, 0.29) is 11.8 Å². The quantitative estimate of drug-likeness (QED) is 0.707. The minimum atomic E-state index is 0.00251. The molecule has 6 heteroatoms. The van der Waals surface area contributed by atoms with Gasteiger partial charge in [-0.15, -0.1) is 0 Å². The topological polar surface area (TPSA) is 97.2 Å². The molecule has 0 saturated carbocycles. The Kier molecular flexibility index (Phi) is 5.75. The number of allylic oxidation sites excluding steroid dienone is 2. The largest absolute Gasteiger partial charge is 0.402 e. The van der Waals surface area contributed by atoms with Crippen LogP contribution in [0.3, 0.4) is 0 Å². The summed E-state index contributed by atoms with van der Waals surface area (Å²) in [5.41, 5.74) is 12.9. The molecule has 0 atom stereocenters. The first kappa shape index (κ1) is 21.6. The molecule has 3 N–H and O–H groups in total. The number of likely N-dealkylation sites (tertiary alicyclic amines) is 1. The van der Waals surface area contributed by atoms with Gasteiger partial charge >= 0.3 is 0 Å². The first-order valence-electron chi connectivity index (χ1n) is 11.0. The Morgan fingerprint density at radius 1 is 1.12 bits per heavy atom. The van der Waals surface area contributed by atoms with Crippen LogP contribution in [0.15, 0.2) is 47.7 Å². The lowest BCUT2D eigenvalue weighted by atomic mass is 9.89. The Morgan fingerprint density at radius 2 is 1.78 bits per heavy atom. The highest BCUT2D eigenvalue weighted by atomic mass is 16.2. The van der Waals surface area contributed by atoms with Crippen LogP contribution in [0.5, 0.6) is 0 Å². The third-order valence-electron chi connectivity index (χ3n) is 6.69. The highest BCUT2D eigenvalue weighted by molar-refractivity contribution is 6.15. The van der Waals surface area contributed by atoms with Gasteiger partial charge in [0.25, 0.3) is 5.91 Å². The van der Waals surface area contributed by atoms with E-state index in [2.05, 4.69) is 11.0 Å². The molecule has 0 spiro atoms. The van der Waals surface area contributed by atoms with E-state index in [1.54, 1.807) is 6.92 Å². The molecule has 0 aromatic heterocycles. The van der Waals surface area contributed by atoms with Crippen molar-refractivity contribution in [2.45, 2.75) is 33.1 Å². The number of carbonyl (C=O) groups excluding carboxylic acids is 1. The molecule has 0 radical (unpaired) electrons. The zero-order valence-electron chi connectivity index (χ0n) is 18.9. The Bertz CT molecular complexity index is 1140. The summed E-state index contributed by atoms with van der Waals surface area (Å²) in [5, 5.41) is 17.7. The molecule has 0 bridgehead atoms. The Hall–Kier alpha value is -3.59. The molecule has 0 aliphatic carbocycles. The molecule has 1 amide bonds. The zero-order chi connectivity index (χ0) is 23.0. The van der Waals surface area contributed by atoms with Crippen molar-refractivity contribution in [3.63, 3.8) is 0 Å². The van der Waals surface area contributed by atoms with E-state index >= 15 is 0 Å². The highest BCUT2D eigenvalue weighted by Gasteiger charge is 2.33. The van der Waals surface area contributed by atoms with Crippen LogP contribution in [-0.2, 0) is 0 Å². The predicted octanol–water partition coefficient (Wildman–Crippen LogP) is 3.94. The maximum absolute atomic E-state index is 13.3. The van der Waals surface area contributed by atoms with Crippen LogP contribution in [0.1, 0.15) is 58.8 Å². The van der Waals surface area contributed by atoms with Crippen molar-refractivity contribution in [3.8, 4) is 6.07 Å². The molecule has 164 valence electrons. The summed E-state index contributed by atoms with van der Waals surface area (Å²) in [6, 6.07) is 13.7.